The van der Waals surface area contributed by atoms with Crippen LogP contribution in [0.4, 0.5) is 5.69 Å². The van der Waals surface area contributed by atoms with Gasteiger partial charge in [0.25, 0.3) is 0 Å². The molecule has 0 unspecified atom stereocenters. The number of anilines is 1. The topological polar surface area (TPSA) is 55.6 Å². The summed E-state index contributed by atoms with van der Waals surface area (Å²) >= 11 is 0. The highest BCUT2D eigenvalue weighted by Gasteiger charge is 2.10. The fraction of sp³-hybridized carbons (Fsp3) is 0.500. The van der Waals surface area contributed by atoms with Crippen molar-refractivity contribution in [3.8, 4) is 0 Å². The minimum atomic E-state index is 0.0521. The Hall–Kier alpha value is -1.39. The zero-order valence-electron chi connectivity index (χ0n) is 11.2. The van der Waals surface area contributed by atoms with E-state index in [0.29, 0.717) is 26.2 Å². The van der Waals surface area contributed by atoms with E-state index in [9.17, 15) is 4.79 Å². The van der Waals surface area contributed by atoms with Gasteiger partial charge in [-0.1, -0.05) is 19.1 Å². The van der Waals surface area contributed by atoms with Gasteiger partial charge in [0.05, 0.1) is 19.6 Å². The number of ether oxygens (including phenoxy) is 1. The van der Waals surface area contributed by atoms with Gasteiger partial charge in [-0.05, 0) is 24.1 Å². The van der Waals surface area contributed by atoms with Crippen LogP contribution in [-0.4, -0.2) is 32.7 Å². The lowest BCUT2D eigenvalue weighted by Crippen LogP contribution is -2.27. The van der Waals surface area contributed by atoms with E-state index >= 15 is 0 Å². The average Bonchev–Trinajstić information content (AvgIpc) is 2.42. The first-order chi connectivity index (χ1) is 8.69. The number of nitrogens with zero attached hydrogens (tertiary/aromatic N) is 1. The fourth-order valence-corrected chi connectivity index (χ4v) is 1.61. The number of carbonyl (C=O) groups excluding carboxylic acids is 1. The van der Waals surface area contributed by atoms with Gasteiger partial charge in [-0.25, -0.2) is 0 Å². The van der Waals surface area contributed by atoms with Gasteiger partial charge in [-0.2, -0.15) is 0 Å². The normalized spacial score (nSPS) is 10.4. The van der Waals surface area contributed by atoms with Crippen molar-refractivity contribution in [1.29, 1.82) is 0 Å². The molecule has 1 aromatic rings. The lowest BCUT2D eigenvalue weighted by Gasteiger charge is -2.17. The van der Waals surface area contributed by atoms with Crippen LogP contribution in [0.1, 0.15) is 18.9 Å². The molecule has 0 heterocycles. The van der Waals surface area contributed by atoms with E-state index in [1.807, 2.05) is 24.3 Å². The summed E-state index contributed by atoms with van der Waals surface area (Å²) in [7, 11) is 1.78. The summed E-state index contributed by atoms with van der Waals surface area (Å²) in [5.74, 6) is 0.0521. The Labute approximate surface area is 109 Å². The Morgan fingerprint density at radius 1 is 1.28 bits per heavy atom. The molecule has 0 aliphatic heterocycles. The first-order valence-corrected chi connectivity index (χ1v) is 6.32. The van der Waals surface area contributed by atoms with E-state index in [1.54, 1.807) is 11.9 Å². The molecule has 1 aromatic carbocycles. The zero-order chi connectivity index (χ0) is 13.4. The number of benzene rings is 1. The molecule has 0 bridgehead atoms. The van der Waals surface area contributed by atoms with Crippen LogP contribution in [0.25, 0.3) is 0 Å². The number of amides is 1. The first kappa shape index (κ1) is 14.7. The summed E-state index contributed by atoms with van der Waals surface area (Å²) < 4.78 is 5.20. The molecule has 2 N–H and O–H groups in total. The quantitative estimate of drug-likeness (QED) is 0.747. The van der Waals surface area contributed by atoms with Crippen molar-refractivity contribution in [1.82, 2.24) is 0 Å². The molecule has 1 rings (SSSR count). The van der Waals surface area contributed by atoms with Crippen LogP contribution >= 0.6 is 0 Å². The van der Waals surface area contributed by atoms with Crippen molar-refractivity contribution in [2.24, 2.45) is 5.73 Å². The van der Waals surface area contributed by atoms with Gasteiger partial charge >= 0.3 is 0 Å². The molecule has 0 saturated heterocycles. The van der Waals surface area contributed by atoms with Gasteiger partial charge in [0.1, 0.15) is 0 Å². The number of rotatable bonds is 7. The van der Waals surface area contributed by atoms with E-state index in [-0.39, 0.29) is 5.91 Å². The number of carbonyl (C=O) groups is 1. The fourth-order valence-electron chi connectivity index (χ4n) is 1.61. The zero-order valence-corrected chi connectivity index (χ0v) is 11.2. The molecular formula is C14H22N2O2. The molecule has 0 atom stereocenters. The maximum absolute atomic E-state index is 11.9. The summed E-state index contributed by atoms with van der Waals surface area (Å²) in [5, 5.41) is 0. The first-order valence-electron chi connectivity index (χ1n) is 6.32. The summed E-state index contributed by atoms with van der Waals surface area (Å²) in [6.45, 7) is 3.52. The van der Waals surface area contributed by atoms with Crippen LogP contribution in [-0.2, 0) is 16.0 Å². The summed E-state index contributed by atoms with van der Waals surface area (Å²) in [6.07, 6.45) is 1.39. The van der Waals surface area contributed by atoms with E-state index in [4.69, 9.17) is 10.5 Å². The highest BCUT2D eigenvalue weighted by molar-refractivity contribution is 5.92. The van der Waals surface area contributed by atoms with Crippen molar-refractivity contribution >= 4 is 11.6 Å². The van der Waals surface area contributed by atoms with Crippen molar-refractivity contribution in [2.75, 3.05) is 31.7 Å². The monoisotopic (exact) mass is 250 g/mol. The van der Waals surface area contributed by atoms with Crippen molar-refractivity contribution < 1.29 is 9.53 Å². The molecule has 100 valence electrons. The molecule has 4 nitrogen and oxygen atoms in total. The largest absolute Gasteiger partial charge is 0.380 e. The Balaban J connectivity index is 2.46. The Kier molecular flexibility index (Phi) is 6.39. The van der Waals surface area contributed by atoms with E-state index in [2.05, 4.69) is 6.92 Å². The summed E-state index contributed by atoms with van der Waals surface area (Å²) in [4.78, 5) is 13.5. The molecule has 4 heteroatoms. The third-order valence-electron chi connectivity index (χ3n) is 2.83. The molecule has 0 radical (unpaired) electrons. The second kappa shape index (κ2) is 7.84. The molecule has 0 spiro atoms. The number of hydrogen-bond donors (Lipinski definition) is 1. The van der Waals surface area contributed by atoms with Gasteiger partial charge in [0, 0.05) is 19.3 Å². The van der Waals surface area contributed by atoms with Crippen LogP contribution in [0.5, 0.6) is 0 Å². The molecule has 0 aliphatic rings. The van der Waals surface area contributed by atoms with E-state index in [1.165, 1.54) is 5.56 Å². The SMILES string of the molecule is CCc1ccc(N(C)C(=O)CCOCCN)cc1. The second-order valence-electron chi connectivity index (χ2n) is 4.12. The van der Waals surface area contributed by atoms with Crippen LogP contribution in [0.3, 0.4) is 0 Å². The van der Waals surface area contributed by atoms with Crippen LogP contribution in [0.2, 0.25) is 0 Å². The van der Waals surface area contributed by atoms with Gasteiger partial charge in [-0.15, -0.1) is 0 Å². The highest BCUT2D eigenvalue weighted by atomic mass is 16.5. The lowest BCUT2D eigenvalue weighted by atomic mass is 10.1. The maximum Gasteiger partial charge on any atom is 0.229 e. The predicted octanol–water partition coefficient (Wildman–Crippen LogP) is 1.58. The van der Waals surface area contributed by atoms with Crippen LogP contribution in [0, 0.1) is 0 Å². The van der Waals surface area contributed by atoms with Crippen molar-refractivity contribution in [2.45, 2.75) is 19.8 Å². The van der Waals surface area contributed by atoms with Crippen LogP contribution < -0.4 is 10.6 Å². The van der Waals surface area contributed by atoms with E-state index < -0.39 is 0 Å². The highest BCUT2D eigenvalue weighted by Crippen LogP contribution is 2.15. The minimum Gasteiger partial charge on any atom is -0.380 e. The van der Waals surface area contributed by atoms with E-state index in [0.717, 1.165) is 12.1 Å². The third-order valence-corrected chi connectivity index (χ3v) is 2.83. The number of nitrogens with two attached hydrogens (primary N) is 1. The van der Waals surface area contributed by atoms with Gasteiger partial charge in [0.2, 0.25) is 5.91 Å². The van der Waals surface area contributed by atoms with Crippen molar-refractivity contribution in [3.05, 3.63) is 29.8 Å². The third kappa shape index (κ3) is 4.47. The lowest BCUT2D eigenvalue weighted by molar-refractivity contribution is -0.119. The van der Waals surface area contributed by atoms with Gasteiger partial charge in [-0.3, -0.25) is 4.79 Å². The number of aryl methyl sites for hydroxylation is 1. The standard InChI is InChI=1S/C14H22N2O2/c1-3-12-4-6-13(7-5-12)16(2)14(17)8-10-18-11-9-15/h4-7H,3,8-11,15H2,1-2H3. The van der Waals surface area contributed by atoms with Crippen LogP contribution in [0.15, 0.2) is 24.3 Å². The molecule has 0 aromatic heterocycles. The second-order valence-corrected chi connectivity index (χ2v) is 4.12. The predicted molar refractivity (Wildman–Crippen MR) is 73.7 cm³/mol. The number of hydrogen-bond acceptors (Lipinski definition) is 3. The molecule has 18 heavy (non-hydrogen) atoms. The van der Waals surface area contributed by atoms with Gasteiger partial charge in [0.15, 0.2) is 0 Å². The Bertz CT molecular complexity index is 363. The molecule has 1 amide bonds. The van der Waals surface area contributed by atoms with Crippen molar-refractivity contribution in [3.63, 3.8) is 0 Å². The van der Waals surface area contributed by atoms with Gasteiger partial charge < -0.3 is 15.4 Å². The molecule has 0 saturated carbocycles. The minimum absolute atomic E-state index is 0.0521. The Morgan fingerprint density at radius 3 is 2.50 bits per heavy atom. The summed E-state index contributed by atoms with van der Waals surface area (Å²) in [5.41, 5.74) is 7.49. The molecular weight excluding hydrogens is 228 g/mol. The molecule has 0 aliphatic carbocycles. The smallest absolute Gasteiger partial charge is 0.229 e. The summed E-state index contributed by atoms with van der Waals surface area (Å²) in [6, 6.07) is 8.03. The average molecular weight is 250 g/mol. The molecule has 0 fully saturated rings. The Morgan fingerprint density at radius 2 is 1.94 bits per heavy atom. The maximum atomic E-state index is 11.9.